The van der Waals surface area contributed by atoms with Crippen LogP contribution >= 0.6 is 11.6 Å². The summed E-state index contributed by atoms with van der Waals surface area (Å²) in [6.07, 6.45) is 1.81. The van der Waals surface area contributed by atoms with Gasteiger partial charge in [-0.1, -0.05) is 24.3 Å². The van der Waals surface area contributed by atoms with Crippen LogP contribution in [-0.2, 0) is 11.3 Å². The zero-order valence-electron chi connectivity index (χ0n) is 20.1. The number of anilines is 2. The van der Waals surface area contributed by atoms with Crippen LogP contribution in [0.3, 0.4) is 0 Å². The Labute approximate surface area is 219 Å². The maximum atomic E-state index is 15.4. The Bertz CT molecular complexity index is 1540. The van der Waals surface area contributed by atoms with Gasteiger partial charge in [0.15, 0.2) is 0 Å². The van der Waals surface area contributed by atoms with Crippen molar-refractivity contribution in [2.75, 3.05) is 37.4 Å². The van der Waals surface area contributed by atoms with E-state index in [1.54, 1.807) is 4.90 Å². The number of likely N-dealkylation sites (N-methyl/N-ethyl adjacent to an activating group) is 1. The average molecular weight is 549 g/mol. The molecule has 0 saturated carbocycles. The molecule has 1 aromatic heterocycles. The number of aromatic nitrogens is 1. The van der Waals surface area contributed by atoms with E-state index in [1.807, 2.05) is 0 Å². The molecule has 0 spiro atoms. The Balaban J connectivity index is 1.88. The number of carboxylic acid groups (broad SMARTS) is 1. The van der Waals surface area contributed by atoms with Gasteiger partial charge in [0.05, 0.1) is 45.6 Å². The van der Waals surface area contributed by atoms with Crippen molar-refractivity contribution in [3.8, 4) is 5.69 Å². The van der Waals surface area contributed by atoms with Gasteiger partial charge in [-0.05, 0) is 18.2 Å². The lowest BCUT2D eigenvalue weighted by molar-refractivity contribution is 0.0694. The van der Waals surface area contributed by atoms with Gasteiger partial charge in [-0.15, -0.1) is 0 Å². The Morgan fingerprint density at radius 3 is 2.58 bits per heavy atom. The molecule has 0 atom stereocenters. The molecule has 1 aliphatic rings. The maximum absolute atomic E-state index is 15.4. The number of nitrogens with zero attached hydrogens (tertiary/aromatic N) is 3. The summed E-state index contributed by atoms with van der Waals surface area (Å²) >= 11 is 6.67. The van der Waals surface area contributed by atoms with Crippen molar-refractivity contribution in [3.63, 3.8) is 0 Å². The van der Waals surface area contributed by atoms with Crippen LogP contribution in [0.15, 0.2) is 41.8 Å². The number of hydrogen-bond acceptors (Lipinski definition) is 7. The first-order chi connectivity index (χ1) is 18.0. The first-order valence-corrected chi connectivity index (χ1v) is 11.6. The van der Waals surface area contributed by atoms with Crippen molar-refractivity contribution < 1.29 is 33.3 Å². The second kappa shape index (κ2) is 10.3. The van der Waals surface area contributed by atoms with Crippen LogP contribution in [-0.4, -0.2) is 64.5 Å². The molecule has 4 rings (SSSR count). The molecular weight excluding hydrogens is 526 g/mol. The van der Waals surface area contributed by atoms with E-state index >= 15 is 4.39 Å². The summed E-state index contributed by atoms with van der Waals surface area (Å²) < 4.78 is 35.7. The fourth-order valence-corrected chi connectivity index (χ4v) is 4.67. The highest BCUT2D eigenvalue weighted by Crippen LogP contribution is 2.39. The van der Waals surface area contributed by atoms with E-state index in [1.165, 1.54) is 22.6 Å². The summed E-state index contributed by atoms with van der Waals surface area (Å²) in [5.74, 6) is -3.28. The van der Waals surface area contributed by atoms with Gasteiger partial charge in [0, 0.05) is 31.9 Å². The molecule has 2 heterocycles. The monoisotopic (exact) mass is 548 g/mol. The molecule has 1 aliphatic heterocycles. The molecular formula is C25H23ClF2N4O6. The molecule has 200 valence electrons. The van der Waals surface area contributed by atoms with Crippen molar-refractivity contribution in [3.05, 3.63) is 75.1 Å². The van der Waals surface area contributed by atoms with Gasteiger partial charge in [-0.3, -0.25) is 4.79 Å². The van der Waals surface area contributed by atoms with E-state index < -0.39 is 41.3 Å². The number of benzene rings is 2. The van der Waals surface area contributed by atoms with Crippen molar-refractivity contribution in [1.82, 2.24) is 9.47 Å². The number of halogens is 3. The fraction of sp³-hybridized carbons (Fsp3) is 0.240. The summed E-state index contributed by atoms with van der Waals surface area (Å²) in [4.78, 5) is 39.8. The summed E-state index contributed by atoms with van der Waals surface area (Å²) in [7, 11) is 1.53. The second-order valence-corrected chi connectivity index (χ2v) is 9.04. The minimum atomic E-state index is -1.58. The van der Waals surface area contributed by atoms with Gasteiger partial charge < -0.3 is 35.1 Å². The number of nitrogens with two attached hydrogens (primary N) is 1. The lowest BCUT2D eigenvalue weighted by atomic mass is 10.0. The number of amides is 1. The molecule has 2 aromatic carbocycles. The highest BCUT2D eigenvalue weighted by Gasteiger charge is 2.36. The lowest BCUT2D eigenvalue weighted by Gasteiger charge is -2.45. The van der Waals surface area contributed by atoms with Crippen LogP contribution < -0.4 is 16.1 Å². The van der Waals surface area contributed by atoms with Crippen molar-refractivity contribution >= 4 is 45.9 Å². The third kappa shape index (κ3) is 4.52. The van der Waals surface area contributed by atoms with E-state index in [2.05, 4.69) is 6.58 Å². The van der Waals surface area contributed by atoms with E-state index in [4.69, 9.17) is 22.1 Å². The minimum Gasteiger partial charge on any atom is -0.477 e. The smallest absolute Gasteiger partial charge is 0.410 e. The molecule has 0 unspecified atom stereocenters. The number of aromatic carboxylic acids is 1. The minimum absolute atomic E-state index is 0.0172. The molecule has 1 fully saturated rings. The number of rotatable bonds is 7. The molecule has 0 bridgehead atoms. The molecule has 3 aromatic rings. The van der Waals surface area contributed by atoms with Gasteiger partial charge in [-0.2, -0.15) is 0 Å². The summed E-state index contributed by atoms with van der Waals surface area (Å²) in [6.45, 7) is 3.23. The third-order valence-electron chi connectivity index (χ3n) is 6.35. The summed E-state index contributed by atoms with van der Waals surface area (Å²) in [5, 5.41) is 18.9. The Kier molecular flexibility index (Phi) is 7.29. The summed E-state index contributed by atoms with van der Waals surface area (Å²) in [6, 6.07) is 2.67. The fourth-order valence-electron chi connectivity index (χ4n) is 4.27. The van der Waals surface area contributed by atoms with Crippen LogP contribution in [0.5, 0.6) is 0 Å². The van der Waals surface area contributed by atoms with E-state index in [-0.39, 0.29) is 64.3 Å². The molecule has 0 radical (unpaired) electrons. The van der Waals surface area contributed by atoms with Gasteiger partial charge >= 0.3 is 12.1 Å². The molecule has 38 heavy (non-hydrogen) atoms. The van der Waals surface area contributed by atoms with Crippen LogP contribution in [0.2, 0.25) is 5.02 Å². The topological polar surface area (TPSA) is 138 Å². The van der Waals surface area contributed by atoms with Gasteiger partial charge in [0.25, 0.3) is 0 Å². The normalized spacial score (nSPS) is 13.3. The summed E-state index contributed by atoms with van der Waals surface area (Å²) in [5.41, 5.74) is 3.65. The van der Waals surface area contributed by atoms with Crippen LogP contribution in [0, 0.1) is 11.6 Å². The van der Waals surface area contributed by atoms with Crippen molar-refractivity contribution in [1.29, 1.82) is 0 Å². The van der Waals surface area contributed by atoms with E-state index in [0.29, 0.717) is 0 Å². The number of pyridine rings is 1. The molecule has 4 N–H and O–H groups in total. The third-order valence-corrected chi connectivity index (χ3v) is 6.71. The zero-order valence-corrected chi connectivity index (χ0v) is 20.8. The van der Waals surface area contributed by atoms with Crippen LogP contribution in [0.25, 0.3) is 16.6 Å². The lowest BCUT2D eigenvalue weighted by Crippen LogP contribution is -2.60. The zero-order chi connectivity index (χ0) is 27.9. The van der Waals surface area contributed by atoms with Crippen LogP contribution in [0.4, 0.5) is 25.0 Å². The first-order valence-electron chi connectivity index (χ1n) is 11.2. The van der Waals surface area contributed by atoms with E-state index in [9.17, 15) is 29.0 Å². The molecule has 13 heteroatoms. The number of aliphatic hydroxyl groups is 1. The number of carboxylic acids is 1. The van der Waals surface area contributed by atoms with Crippen molar-refractivity contribution in [2.45, 2.75) is 12.6 Å². The number of ether oxygens (including phenoxy) is 1. The highest BCUT2D eigenvalue weighted by atomic mass is 35.5. The van der Waals surface area contributed by atoms with Gasteiger partial charge in [0.2, 0.25) is 5.43 Å². The van der Waals surface area contributed by atoms with Crippen LogP contribution in [0.1, 0.15) is 15.9 Å². The second-order valence-electron chi connectivity index (χ2n) is 8.66. The maximum Gasteiger partial charge on any atom is 0.410 e. The molecule has 1 saturated heterocycles. The van der Waals surface area contributed by atoms with E-state index in [0.717, 1.165) is 24.4 Å². The van der Waals surface area contributed by atoms with Gasteiger partial charge in [-0.25, -0.2) is 18.4 Å². The molecule has 10 nitrogen and oxygen atoms in total. The number of carbonyl (C=O) groups is 2. The SMILES string of the molecule is C=CCOC(=O)N(C)C1CN(c2c(F)cc3c(=O)c(C(=O)O)cn(-c4cc(N)c(F)cc4CO)c3c2Cl)C1. The predicted octanol–water partition coefficient (Wildman–Crippen LogP) is 3.14. The highest BCUT2D eigenvalue weighted by molar-refractivity contribution is 6.38. The predicted molar refractivity (Wildman–Crippen MR) is 137 cm³/mol. The number of nitrogen functional groups attached to an aromatic ring is 1. The number of fused-ring (bicyclic) bond motifs is 1. The molecule has 0 aliphatic carbocycles. The Morgan fingerprint density at radius 1 is 1.29 bits per heavy atom. The quantitative estimate of drug-likeness (QED) is 0.302. The standard InChI is InChI=1S/C25H23ClF2N4O6/c1-3-4-38-25(37)30(2)13-8-31(9-13)22-17(28)6-14-21(20(22)26)32(10-15(23(14)34)24(35)36)19-7-18(29)16(27)5-12(19)11-33/h3,5-7,10,13,33H,1,4,8-9,11,29H2,2H3,(H,35,36). The van der Waals surface area contributed by atoms with Crippen molar-refractivity contribution in [2.24, 2.45) is 0 Å². The first kappa shape index (κ1) is 26.9. The number of carbonyl (C=O) groups excluding carboxylic acids is 1. The number of aliphatic hydroxyl groups excluding tert-OH is 1. The van der Waals surface area contributed by atoms with Gasteiger partial charge in [0.1, 0.15) is 23.8 Å². The molecule has 1 amide bonds. The average Bonchev–Trinajstić information content (AvgIpc) is 2.85. The largest absolute Gasteiger partial charge is 0.477 e. The Hall–Kier alpha value is -4.16. The Morgan fingerprint density at radius 2 is 1.97 bits per heavy atom. The number of hydrogen-bond donors (Lipinski definition) is 3.